The lowest BCUT2D eigenvalue weighted by Gasteiger charge is -2.10. The topological polar surface area (TPSA) is 49.7 Å². The van der Waals surface area contributed by atoms with Crippen molar-refractivity contribution < 1.29 is 9.59 Å². The minimum Gasteiger partial charge on any atom is -0.289 e. The Hall–Kier alpha value is -2.75. The van der Waals surface area contributed by atoms with E-state index in [1.165, 1.54) is 5.01 Å². The molecular formula is C17H14N2O2. The minimum absolute atomic E-state index is 0.0451. The average molecular weight is 278 g/mol. The molecule has 1 aromatic carbocycles. The zero-order valence-electron chi connectivity index (χ0n) is 11.6. The maximum atomic E-state index is 11.4. The van der Waals surface area contributed by atoms with Gasteiger partial charge in [0.2, 0.25) is 0 Å². The molecule has 0 saturated heterocycles. The summed E-state index contributed by atoms with van der Waals surface area (Å²) >= 11 is 0. The summed E-state index contributed by atoms with van der Waals surface area (Å²) < 4.78 is 0. The van der Waals surface area contributed by atoms with E-state index in [9.17, 15) is 9.59 Å². The Balaban J connectivity index is 0.000000140. The molecule has 104 valence electrons. The van der Waals surface area contributed by atoms with Gasteiger partial charge in [0.25, 0.3) is 5.91 Å². The van der Waals surface area contributed by atoms with Gasteiger partial charge in [0.15, 0.2) is 5.78 Å². The fourth-order valence-corrected chi connectivity index (χ4v) is 2.27. The predicted molar refractivity (Wildman–Crippen MR) is 82.0 cm³/mol. The number of Topliss-reactive ketones (excluding diaryl/α,β-unsaturated/α-hetero) is 1. The number of benzene rings is 1. The molecular weight excluding hydrogens is 264 g/mol. The highest BCUT2D eigenvalue weighted by molar-refractivity contribution is 6.18. The molecule has 3 aliphatic rings. The van der Waals surface area contributed by atoms with Crippen molar-refractivity contribution in [3.8, 4) is 0 Å². The summed E-state index contributed by atoms with van der Waals surface area (Å²) in [4.78, 5) is 22.2. The lowest BCUT2D eigenvalue weighted by atomic mass is 10.2. The summed E-state index contributed by atoms with van der Waals surface area (Å²) in [6.07, 6.45) is 7.82. The van der Waals surface area contributed by atoms with E-state index in [2.05, 4.69) is 5.10 Å². The summed E-state index contributed by atoms with van der Waals surface area (Å²) in [5.74, 6) is 0.230. The number of hydrazone groups is 1. The lowest BCUT2D eigenvalue weighted by molar-refractivity contribution is -0.117. The van der Waals surface area contributed by atoms with Gasteiger partial charge in [0, 0.05) is 16.9 Å². The van der Waals surface area contributed by atoms with E-state index in [-0.39, 0.29) is 11.7 Å². The van der Waals surface area contributed by atoms with Crippen LogP contribution in [0.15, 0.2) is 70.9 Å². The number of fused-ring (bicyclic) bond motifs is 2. The van der Waals surface area contributed by atoms with Gasteiger partial charge in [-0.3, -0.25) is 9.59 Å². The van der Waals surface area contributed by atoms with Gasteiger partial charge >= 0.3 is 0 Å². The normalized spacial score (nSPS) is 18.3. The number of allylic oxidation sites excluding steroid dienone is 6. The van der Waals surface area contributed by atoms with E-state index in [0.29, 0.717) is 6.42 Å². The number of para-hydroxylation sites is 1. The van der Waals surface area contributed by atoms with Crippen LogP contribution < -0.4 is 5.01 Å². The van der Waals surface area contributed by atoms with Gasteiger partial charge in [-0.15, -0.1) is 0 Å². The molecule has 2 aliphatic carbocycles. The number of hydrogen-bond donors (Lipinski definition) is 0. The van der Waals surface area contributed by atoms with Crippen LogP contribution >= 0.6 is 0 Å². The van der Waals surface area contributed by atoms with Crippen molar-refractivity contribution in [2.24, 2.45) is 5.10 Å². The number of ketones is 1. The third-order valence-corrected chi connectivity index (χ3v) is 3.32. The first-order valence-electron chi connectivity index (χ1n) is 6.72. The van der Waals surface area contributed by atoms with Gasteiger partial charge in [-0.2, -0.15) is 5.10 Å². The summed E-state index contributed by atoms with van der Waals surface area (Å²) in [6, 6.07) is 9.46. The first kappa shape index (κ1) is 13.2. The van der Waals surface area contributed by atoms with Gasteiger partial charge in [0.05, 0.1) is 12.1 Å². The summed E-state index contributed by atoms with van der Waals surface area (Å²) in [7, 11) is 0. The third kappa shape index (κ3) is 2.60. The highest BCUT2D eigenvalue weighted by Gasteiger charge is 2.22. The molecule has 0 unspecified atom stereocenters. The number of carbonyl (C=O) groups excluding carboxylic acids is 2. The van der Waals surface area contributed by atoms with Crippen LogP contribution in [0.4, 0.5) is 5.69 Å². The monoisotopic (exact) mass is 278 g/mol. The maximum absolute atomic E-state index is 11.4. The van der Waals surface area contributed by atoms with Crippen LogP contribution in [0.1, 0.15) is 13.3 Å². The number of hydrogen-bond acceptors (Lipinski definition) is 3. The Morgan fingerprint density at radius 1 is 1.00 bits per heavy atom. The van der Waals surface area contributed by atoms with Crippen molar-refractivity contribution in [1.82, 2.24) is 0 Å². The second kappa shape index (κ2) is 5.32. The van der Waals surface area contributed by atoms with Crippen molar-refractivity contribution in [3.63, 3.8) is 0 Å². The Bertz CT molecular complexity index is 700. The number of rotatable bonds is 1. The number of nitrogens with zero attached hydrogens (tertiary/aromatic N) is 2. The Morgan fingerprint density at radius 2 is 1.62 bits per heavy atom. The van der Waals surface area contributed by atoms with Crippen LogP contribution in [-0.4, -0.2) is 17.4 Å². The lowest BCUT2D eigenvalue weighted by Crippen LogP contribution is -2.19. The molecule has 21 heavy (non-hydrogen) atoms. The molecule has 0 N–H and O–H groups in total. The molecule has 4 rings (SSSR count). The summed E-state index contributed by atoms with van der Waals surface area (Å²) in [5.41, 5.74) is 3.37. The number of carbonyl (C=O) groups is 2. The van der Waals surface area contributed by atoms with Gasteiger partial charge < -0.3 is 0 Å². The Labute approximate surface area is 122 Å². The molecule has 4 heteroatoms. The quantitative estimate of drug-likeness (QED) is 0.793. The second-order valence-corrected chi connectivity index (χ2v) is 4.96. The van der Waals surface area contributed by atoms with E-state index in [1.54, 1.807) is 0 Å². The Morgan fingerprint density at radius 3 is 2.00 bits per heavy atom. The van der Waals surface area contributed by atoms with Gasteiger partial charge in [-0.05, 0) is 19.1 Å². The van der Waals surface area contributed by atoms with Crippen LogP contribution in [0.25, 0.3) is 0 Å². The molecule has 0 spiro atoms. The standard InChI is InChI=1S/C10H10N2O.C7H4O/c1-8-7-10(13)12(11-8)9-5-3-2-4-6-9;8-7-5-1-2-6(7)4-3-5/h2-6H,7H2,1H3;1-4H. The molecule has 0 saturated carbocycles. The van der Waals surface area contributed by atoms with Crippen molar-refractivity contribution in [2.45, 2.75) is 13.3 Å². The first-order valence-corrected chi connectivity index (χ1v) is 6.72. The van der Waals surface area contributed by atoms with Crippen molar-refractivity contribution in [1.29, 1.82) is 0 Å². The van der Waals surface area contributed by atoms with E-state index in [0.717, 1.165) is 22.5 Å². The fourth-order valence-electron chi connectivity index (χ4n) is 2.27. The zero-order chi connectivity index (χ0) is 14.8. The van der Waals surface area contributed by atoms with Gasteiger partial charge in [-0.1, -0.05) is 42.5 Å². The predicted octanol–water partition coefficient (Wildman–Crippen LogP) is 2.79. The largest absolute Gasteiger partial charge is 0.289 e. The van der Waals surface area contributed by atoms with Crippen LogP contribution in [-0.2, 0) is 9.59 Å². The zero-order valence-corrected chi connectivity index (χ0v) is 11.6. The van der Waals surface area contributed by atoms with Crippen molar-refractivity contribution in [2.75, 3.05) is 5.01 Å². The smallest absolute Gasteiger partial charge is 0.253 e. The van der Waals surface area contributed by atoms with Crippen molar-refractivity contribution in [3.05, 3.63) is 65.8 Å². The molecule has 0 fully saturated rings. The molecule has 1 amide bonds. The number of anilines is 1. The molecule has 0 atom stereocenters. The highest BCUT2D eigenvalue weighted by atomic mass is 16.2. The van der Waals surface area contributed by atoms with Crippen molar-refractivity contribution >= 4 is 23.1 Å². The summed E-state index contributed by atoms with van der Waals surface area (Å²) in [6.45, 7) is 1.86. The van der Waals surface area contributed by atoms with E-state index >= 15 is 0 Å². The molecule has 4 nitrogen and oxygen atoms in total. The fraction of sp³-hybridized carbons (Fsp3) is 0.118. The molecule has 1 aromatic rings. The average Bonchev–Trinajstić information content (AvgIpc) is 3.15. The van der Waals surface area contributed by atoms with Crippen LogP contribution in [0.5, 0.6) is 0 Å². The second-order valence-electron chi connectivity index (χ2n) is 4.96. The minimum atomic E-state index is 0.0451. The molecule has 0 aromatic heterocycles. The van der Waals surface area contributed by atoms with Gasteiger partial charge in [-0.25, -0.2) is 5.01 Å². The molecule has 2 bridgehead atoms. The van der Waals surface area contributed by atoms with Crippen LogP contribution in [0.2, 0.25) is 0 Å². The van der Waals surface area contributed by atoms with Crippen LogP contribution in [0.3, 0.4) is 0 Å². The molecule has 1 heterocycles. The number of amides is 1. The van der Waals surface area contributed by atoms with Gasteiger partial charge in [0.1, 0.15) is 0 Å². The first-order chi connectivity index (χ1) is 10.1. The highest BCUT2D eigenvalue weighted by Crippen LogP contribution is 2.23. The molecule has 1 aliphatic heterocycles. The van der Waals surface area contributed by atoms with E-state index in [4.69, 9.17) is 0 Å². The van der Waals surface area contributed by atoms with E-state index in [1.807, 2.05) is 61.6 Å². The summed E-state index contributed by atoms with van der Waals surface area (Å²) in [5, 5.41) is 5.59. The third-order valence-electron chi connectivity index (χ3n) is 3.32. The van der Waals surface area contributed by atoms with E-state index < -0.39 is 0 Å². The maximum Gasteiger partial charge on any atom is 0.253 e. The SMILES string of the molecule is CC1=NN(c2ccccc2)C(=O)C1.O=C1C2=CC=C1C=C2. The van der Waals surface area contributed by atoms with Crippen LogP contribution in [0, 0.1) is 0 Å². The Kier molecular flexibility index (Phi) is 3.36. The molecule has 0 radical (unpaired) electrons.